The molecule has 0 amide bonds. The third kappa shape index (κ3) is 1.46. The standard InChI is InChI=1S/C10H12N3O/c1-9-8-12(14-2)13(11-9)10-6-4-3-5-7-10/h3-8H,1-2H3/q+1. The Bertz CT molecular complexity index is 422. The quantitative estimate of drug-likeness (QED) is 0.647. The number of aromatic nitrogens is 3. The Morgan fingerprint density at radius 2 is 2.00 bits per heavy atom. The maximum atomic E-state index is 5.14. The zero-order chi connectivity index (χ0) is 9.97. The Morgan fingerprint density at radius 1 is 1.29 bits per heavy atom. The van der Waals surface area contributed by atoms with E-state index in [0.717, 1.165) is 11.4 Å². The third-order valence-electron chi connectivity index (χ3n) is 1.91. The Morgan fingerprint density at radius 3 is 2.64 bits per heavy atom. The lowest BCUT2D eigenvalue weighted by molar-refractivity contribution is -0.942. The summed E-state index contributed by atoms with van der Waals surface area (Å²) in [6.45, 7) is 1.93. The van der Waals surface area contributed by atoms with E-state index in [1.54, 1.807) is 16.8 Å². The Hall–Kier alpha value is -1.84. The van der Waals surface area contributed by atoms with Crippen molar-refractivity contribution < 1.29 is 9.68 Å². The fourth-order valence-corrected chi connectivity index (χ4v) is 1.30. The smallest absolute Gasteiger partial charge is 0.220 e. The summed E-state index contributed by atoms with van der Waals surface area (Å²) in [6.07, 6.45) is 1.83. The van der Waals surface area contributed by atoms with Crippen molar-refractivity contribution in [2.75, 3.05) is 7.11 Å². The molecule has 1 heterocycles. The average molecular weight is 190 g/mol. The van der Waals surface area contributed by atoms with Gasteiger partial charge in [-0.15, -0.1) is 0 Å². The van der Waals surface area contributed by atoms with Crippen LogP contribution in [0.1, 0.15) is 5.69 Å². The minimum absolute atomic E-state index is 0.913. The van der Waals surface area contributed by atoms with Crippen LogP contribution in [0.15, 0.2) is 36.5 Å². The first kappa shape index (κ1) is 8.74. The van der Waals surface area contributed by atoms with E-state index in [9.17, 15) is 0 Å². The molecule has 4 nitrogen and oxygen atoms in total. The number of para-hydroxylation sites is 1. The van der Waals surface area contributed by atoms with E-state index in [-0.39, 0.29) is 0 Å². The highest BCUT2D eigenvalue weighted by Crippen LogP contribution is 2.01. The number of aryl methyl sites for hydroxylation is 1. The zero-order valence-electron chi connectivity index (χ0n) is 8.21. The van der Waals surface area contributed by atoms with Crippen molar-refractivity contribution in [3.05, 3.63) is 42.2 Å². The van der Waals surface area contributed by atoms with Gasteiger partial charge < -0.3 is 4.84 Å². The molecule has 2 aromatic rings. The number of nitrogens with zero attached hydrogens (tertiary/aromatic N) is 3. The van der Waals surface area contributed by atoms with Crippen LogP contribution in [0.5, 0.6) is 0 Å². The number of rotatable bonds is 2. The SMILES string of the molecule is CO[n+]1cc(C)nn1-c1ccccc1. The molecule has 2 rings (SSSR count). The van der Waals surface area contributed by atoms with Gasteiger partial charge in [-0.05, 0) is 12.1 Å². The van der Waals surface area contributed by atoms with Gasteiger partial charge in [0.2, 0.25) is 11.9 Å². The predicted octanol–water partition coefficient (Wildman–Crippen LogP) is 0.527. The van der Waals surface area contributed by atoms with Crippen LogP contribution < -0.4 is 9.68 Å². The minimum atomic E-state index is 0.913. The normalized spacial score (nSPS) is 10.1. The molecule has 4 heteroatoms. The van der Waals surface area contributed by atoms with E-state index in [1.165, 1.54) is 0 Å². The molecule has 1 aromatic heterocycles. The maximum Gasteiger partial charge on any atom is 0.220 e. The van der Waals surface area contributed by atoms with Crippen molar-refractivity contribution in [2.45, 2.75) is 6.92 Å². The van der Waals surface area contributed by atoms with Crippen LogP contribution in [0.4, 0.5) is 0 Å². The second-order valence-corrected chi connectivity index (χ2v) is 2.98. The molecule has 0 bridgehead atoms. The van der Waals surface area contributed by atoms with Crippen molar-refractivity contribution in [3.63, 3.8) is 0 Å². The molecule has 0 N–H and O–H groups in total. The van der Waals surface area contributed by atoms with Gasteiger partial charge in [-0.25, -0.2) is 0 Å². The first-order chi connectivity index (χ1) is 6.81. The van der Waals surface area contributed by atoms with Gasteiger partial charge in [0, 0.05) is 16.6 Å². The summed E-state index contributed by atoms with van der Waals surface area (Å²) >= 11 is 0. The molecular formula is C10H12N3O+. The van der Waals surface area contributed by atoms with Crippen molar-refractivity contribution in [2.24, 2.45) is 0 Å². The molecule has 0 saturated heterocycles. The topological polar surface area (TPSA) is 30.9 Å². The van der Waals surface area contributed by atoms with E-state index >= 15 is 0 Å². The van der Waals surface area contributed by atoms with E-state index in [0.29, 0.717) is 0 Å². The second-order valence-electron chi connectivity index (χ2n) is 2.98. The zero-order valence-corrected chi connectivity index (χ0v) is 8.21. The number of hydrogen-bond acceptors (Lipinski definition) is 2. The molecule has 0 atom stereocenters. The Balaban J connectivity index is 2.51. The largest absolute Gasteiger partial charge is 0.320 e. The first-order valence-electron chi connectivity index (χ1n) is 4.40. The van der Waals surface area contributed by atoms with Crippen LogP contribution in [-0.2, 0) is 0 Å². The minimum Gasteiger partial charge on any atom is -0.320 e. The molecule has 0 fully saturated rings. The van der Waals surface area contributed by atoms with Gasteiger partial charge in [0.25, 0.3) is 0 Å². The maximum absolute atomic E-state index is 5.14. The van der Waals surface area contributed by atoms with Crippen LogP contribution >= 0.6 is 0 Å². The van der Waals surface area contributed by atoms with Crippen LogP contribution in [0.2, 0.25) is 0 Å². The molecule has 0 spiro atoms. The van der Waals surface area contributed by atoms with Crippen LogP contribution in [0.25, 0.3) is 5.69 Å². The van der Waals surface area contributed by atoms with E-state index in [1.807, 2.05) is 43.5 Å². The van der Waals surface area contributed by atoms with E-state index in [2.05, 4.69) is 5.10 Å². The summed E-state index contributed by atoms with van der Waals surface area (Å²) in [4.78, 5) is 8.43. The van der Waals surface area contributed by atoms with Gasteiger partial charge in [0.1, 0.15) is 12.8 Å². The van der Waals surface area contributed by atoms with Gasteiger partial charge in [0.05, 0.1) is 5.10 Å². The van der Waals surface area contributed by atoms with Crippen molar-refractivity contribution >= 4 is 0 Å². The molecule has 0 aliphatic heterocycles. The second kappa shape index (κ2) is 3.49. The fraction of sp³-hybridized carbons (Fsp3) is 0.200. The fourth-order valence-electron chi connectivity index (χ4n) is 1.30. The molecule has 0 aliphatic rings. The summed E-state index contributed by atoms with van der Waals surface area (Å²) in [6, 6.07) is 9.85. The highest BCUT2D eigenvalue weighted by Gasteiger charge is 2.14. The molecule has 0 saturated carbocycles. The predicted molar refractivity (Wildman–Crippen MR) is 51.0 cm³/mol. The summed E-state index contributed by atoms with van der Waals surface area (Å²) in [5, 5.41) is 4.31. The summed E-state index contributed by atoms with van der Waals surface area (Å²) in [5.41, 5.74) is 1.89. The van der Waals surface area contributed by atoms with Crippen molar-refractivity contribution in [1.82, 2.24) is 9.90 Å². The van der Waals surface area contributed by atoms with Crippen LogP contribution in [0, 0.1) is 6.92 Å². The Kier molecular flexibility index (Phi) is 2.18. The van der Waals surface area contributed by atoms with E-state index in [4.69, 9.17) is 4.84 Å². The highest BCUT2D eigenvalue weighted by molar-refractivity contribution is 5.27. The molecule has 14 heavy (non-hydrogen) atoms. The Labute approximate surface area is 82.3 Å². The molecule has 0 radical (unpaired) electrons. The van der Waals surface area contributed by atoms with Gasteiger partial charge in [-0.3, -0.25) is 0 Å². The van der Waals surface area contributed by atoms with Gasteiger partial charge in [0.15, 0.2) is 0 Å². The van der Waals surface area contributed by atoms with Crippen LogP contribution in [-0.4, -0.2) is 17.0 Å². The van der Waals surface area contributed by atoms with Gasteiger partial charge >= 0.3 is 0 Å². The summed E-state index contributed by atoms with van der Waals surface area (Å²) in [5.74, 6) is 0. The molecular weight excluding hydrogens is 178 g/mol. The van der Waals surface area contributed by atoms with E-state index < -0.39 is 0 Å². The molecule has 0 aliphatic carbocycles. The molecule has 1 aromatic carbocycles. The van der Waals surface area contributed by atoms with Crippen molar-refractivity contribution in [1.29, 1.82) is 0 Å². The monoisotopic (exact) mass is 190 g/mol. The number of hydrogen-bond donors (Lipinski definition) is 0. The highest BCUT2D eigenvalue weighted by atomic mass is 16.7. The van der Waals surface area contributed by atoms with Crippen LogP contribution in [0.3, 0.4) is 0 Å². The summed E-state index contributed by atoms with van der Waals surface area (Å²) in [7, 11) is 1.61. The lowest BCUT2D eigenvalue weighted by Crippen LogP contribution is -2.48. The van der Waals surface area contributed by atoms with Gasteiger partial charge in [-0.2, -0.15) is 0 Å². The molecule has 72 valence electrons. The van der Waals surface area contributed by atoms with Crippen molar-refractivity contribution in [3.8, 4) is 5.69 Å². The molecule has 0 unspecified atom stereocenters. The first-order valence-corrected chi connectivity index (χ1v) is 4.40. The lowest BCUT2D eigenvalue weighted by Gasteiger charge is -1.97. The third-order valence-corrected chi connectivity index (χ3v) is 1.91. The van der Waals surface area contributed by atoms with Gasteiger partial charge in [-0.1, -0.05) is 18.2 Å². The lowest BCUT2D eigenvalue weighted by atomic mass is 10.3. The summed E-state index contributed by atoms with van der Waals surface area (Å²) < 4.78 is 0. The average Bonchev–Trinajstić information content (AvgIpc) is 2.61. The number of benzene rings is 1.